The van der Waals surface area contributed by atoms with Crippen molar-refractivity contribution in [1.29, 1.82) is 0 Å². The van der Waals surface area contributed by atoms with Crippen molar-refractivity contribution in [2.45, 2.75) is 37.5 Å². The second-order valence-electron chi connectivity index (χ2n) is 6.65. The number of aliphatic hydroxyl groups is 1. The largest absolute Gasteiger partial charge is 0.493 e. The number of amides is 2. The van der Waals surface area contributed by atoms with E-state index in [1.165, 1.54) is 0 Å². The van der Waals surface area contributed by atoms with Crippen LogP contribution in [0.4, 0.5) is 4.79 Å². The molecule has 0 saturated heterocycles. The number of para-hydroxylation sites is 1. The number of carbonyl (C=O) groups excluding carboxylic acids is 1. The number of ether oxygens (including phenoxy) is 1. The monoisotopic (exact) mass is 338 g/mol. The fourth-order valence-corrected chi connectivity index (χ4v) is 3.76. The number of benzene rings is 2. The number of aliphatic hydroxyl groups excluding tert-OH is 1. The Morgan fingerprint density at radius 3 is 2.68 bits per heavy atom. The Hall–Kier alpha value is -2.53. The number of carbonyl (C=O) groups is 1. The highest BCUT2D eigenvalue weighted by Gasteiger charge is 2.32. The summed E-state index contributed by atoms with van der Waals surface area (Å²) in [5.41, 5.74) is 3.09. The number of hydrogen-bond donors (Lipinski definition) is 3. The second kappa shape index (κ2) is 6.76. The lowest BCUT2D eigenvalue weighted by Crippen LogP contribution is -2.42. The first kappa shape index (κ1) is 16.0. The minimum atomic E-state index is -0.590. The molecule has 2 aromatic rings. The Morgan fingerprint density at radius 2 is 1.80 bits per heavy atom. The molecule has 0 fully saturated rings. The zero-order valence-corrected chi connectivity index (χ0v) is 13.9. The second-order valence-corrected chi connectivity index (χ2v) is 6.65. The quantitative estimate of drug-likeness (QED) is 0.788. The molecule has 2 aromatic carbocycles. The topological polar surface area (TPSA) is 70.6 Å². The van der Waals surface area contributed by atoms with Gasteiger partial charge in [-0.2, -0.15) is 0 Å². The van der Waals surface area contributed by atoms with E-state index in [0.29, 0.717) is 13.0 Å². The predicted molar refractivity (Wildman–Crippen MR) is 94.5 cm³/mol. The van der Waals surface area contributed by atoms with E-state index in [1.807, 2.05) is 48.5 Å². The van der Waals surface area contributed by atoms with Gasteiger partial charge in [0.1, 0.15) is 5.75 Å². The molecule has 5 nitrogen and oxygen atoms in total. The summed E-state index contributed by atoms with van der Waals surface area (Å²) >= 11 is 0. The van der Waals surface area contributed by atoms with Gasteiger partial charge in [-0.15, -0.1) is 0 Å². The van der Waals surface area contributed by atoms with Crippen LogP contribution in [0.5, 0.6) is 5.75 Å². The van der Waals surface area contributed by atoms with Gasteiger partial charge in [-0.1, -0.05) is 42.5 Å². The maximum absolute atomic E-state index is 12.6. The molecule has 0 unspecified atom stereocenters. The van der Waals surface area contributed by atoms with Gasteiger partial charge in [-0.25, -0.2) is 4.79 Å². The van der Waals surface area contributed by atoms with Gasteiger partial charge in [0.2, 0.25) is 0 Å². The minimum Gasteiger partial charge on any atom is -0.493 e. The van der Waals surface area contributed by atoms with E-state index < -0.39 is 6.10 Å². The van der Waals surface area contributed by atoms with Crippen LogP contribution in [0.1, 0.15) is 41.6 Å². The predicted octanol–water partition coefficient (Wildman–Crippen LogP) is 2.86. The standard InChI is InChI=1S/C20H22N2O3/c23-17-12-13-6-1-2-7-14(13)19(17)22-20(24)21-16-9-5-11-25-18-10-4-3-8-15(16)18/h1-4,6-8,10,16-17,19,23H,5,9,11-12H2,(H2,21,22,24)/t16-,17+,19-/m0/s1. The number of rotatable bonds is 2. The van der Waals surface area contributed by atoms with Crippen molar-refractivity contribution in [3.63, 3.8) is 0 Å². The molecule has 1 aliphatic carbocycles. The average molecular weight is 338 g/mol. The summed E-state index contributed by atoms with van der Waals surface area (Å²) in [5, 5.41) is 16.3. The van der Waals surface area contributed by atoms with E-state index in [-0.39, 0.29) is 18.1 Å². The zero-order valence-electron chi connectivity index (χ0n) is 13.9. The van der Waals surface area contributed by atoms with Crippen LogP contribution in [0.3, 0.4) is 0 Å². The maximum atomic E-state index is 12.6. The molecule has 4 rings (SSSR count). The Balaban J connectivity index is 1.48. The van der Waals surface area contributed by atoms with Crippen LogP contribution in [0.25, 0.3) is 0 Å². The van der Waals surface area contributed by atoms with Crippen molar-refractivity contribution in [2.75, 3.05) is 6.61 Å². The van der Waals surface area contributed by atoms with Crippen LogP contribution >= 0.6 is 0 Å². The molecule has 2 aliphatic rings. The first-order chi connectivity index (χ1) is 12.2. The van der Waals surface area contributed by atoms with Crippen LogP contribution in [0, 0.1) is 0 Å². The van der Waals surface area contributed by atoms with Crippen LogP contribution in [0.15, 0.2) is 48.5 Å². The average Bonchev–Trinajstić information content (AvgIpc) is 2.80. The van der Waals surface area contributed by atoms with Crippen molar-refractivity contribution in [2.24, 2.45) is 0 Å². The maximum Gasteiger partial charge on any atom is 0.315 e. The fourth-order valence-electron chi connectivity index (χ4n) is 3.76. The highest BCUT2D eigenvalue weighted by molar-refractivity contribution is 5.75. The van der Waals surface area contributed by atoms with Crippen molar-refractivity contribution in [3.05, 3.63) is 65.2 Å². The lowest BCUT2D eigenvalue weighted by atomic mass is 10.0. The van der Waals surface area contributed by atoms with Gasteiger partial charge in [0.05, 0.1) is 24.8 Å². The molecule has 1 aliphatic heterocycles. The van der Waals surface area contributed by atoms with Crippen molar-refractivity contribution in [3.8, 4) is 5.75 Å². The summed E-state index contributed by atoms with van der Waals surface area (Å²) in [6.07, 6.45) is 1.69. The molecule has 130 valence electrons. The van der Waals surface area contributed by atoms with E-state index >= 15 is 0 Å². The molecule has 25 heavy (non-hydrogen) atoms. The number of fused-ring (bicyclic) bond motifs is 2. The lowest BCUT2D eigenvalue weighted by molar-refractivity contribution is 0.141. The molecular weight excluding hydrogens is 316 g/mol. The lowest BCUT2D eigenvalue weighted by Gasteiger charge is -2.22. The van der Waals surface area contributed by atoms with Crippen molar-refractivity contribution < 1.29 is 14.6 Å². The molecule has 3 N–H and O–H groups in total. The molecule has 0 spiro atoms. The van der Waals surface area contributed by atoms with Crippen molar-refractivity contribution >= 4 is 6.03 Å². The molecule has 2 amide bonds. The Morgan fingerprint density at radius 1 is 1.04 bits per heavy atom. The third-order valence-corrected chi connectivity index (χ3v) is 4.99. The van der Waals surface area contributed by atoms with Gasteiger partial charge in [0.25, 0.3) is 0 Å². The number of nitrogens with one attached hydrogen (secondary N) is 2. The minimum absolute atomic E-state index is 0.0903. The smallest absolute Gasteiger partial charge is 0.315 e. The van der Waals surface area contributed by atoms with Gasteiger partial charge in [0.15, 0.2) is 0 Å². The molecular formula is C20H22N2O3. The highest BCUT2D eigenvalue weighted by atomic mass is 16.5. The third-order valence-electron chi connectivity index (χ3n) is 4.99. The molecule has 0 bridgehead atoms. The van der Waals surface area contributed by atoms with E-state index in [2.05, 4.69) is 10.6 Å². The van der Waals surface area contributed by atoms with E-state index in [1.54, 1.807) is 0 Å². The number of hydrogen-bond acceptors (Lipinski definition) is 3. The molecule has 0 aromatic heterocycles. The summed E-state index contributed by atoms with van der Waals surface area (Å²) in [6, 6.07) is 14.9. The molecule has 1 heterocycles. The summed E-state index contributed by atoms with van der Waals surface area (Å²) < 4.78 is 5.75. The first-order valence-electron chi connectivity index (χ1n) is 8.77. The van der Waals surface area contributed by atoms with E-state index in [9.17, 15) is 9.90 Å². The summed E-state index contributed by atoms with van der Waals surface area (Å²) in [4.78, 5) is 12.6. The van der Waals surface area contributed by atoms with Crippen LogP contribution in [-0.2, 0) is 6.42 Å². The van der Waals surface area contributed by atoms with Crippen LogP contribution in [-0.4, -0.2) is 23.8 Å². The SMILES string of the molecule is O=C(N[C@H]1CCCOc2ccccc21)N[C@H]1c2ccccc2C[C@H]1O. The van der Waals surface area contributed by atoms with Crippen molar-refractivity contribution in [1.82, 2.24) is 10.6 Å². The summed E-state index contributed by atoms with van der Waals surface area (Å²) in [6.45, 7) is 0.658. The molecule has 5 heteroatoms. The summed E-state index contributed by atoms with van der Waals surface area (Å²) in [5.74, 6) is 0.830. The molecule has 0 saturated carbocycles. The van der Waals surface area contributed by atoms with E-state index in [0.717, 1.165) is 35.3 Å². The third kappa shape index (κ3) is 3.20. The Labute approximate surface area is 147 Å². The Kier molecular flexibility index (Phi) is 4.32. The van der Waals surface area contributed by atoms with Gasteiger partial charge in [-0.3, -0.25) is 0 Å². The Bertz CT molecular complexity index is 777. The van der Waals surface area contributed by atoms with Crippen LogP contribution < -0.4 is 15.4 Å². The highest BCUT2D eigenvalue weighted by Crippen LogP contribution is 2.33. The molecule has 3 atom stereocenters. The summed E-state index contributed by atoms with van der Waals surface area (Å²) in [7, 11) is 0. The fraction of sp³-hybridized carbons (Fsp3) is 0.350. The van der Waals surface area contributed by atoms with Gasteiger partial charge >= 0.3 is 6.03 Å². The van der Waals surface area contributed by atoms with E-state index in [4.69, 9.17) is 4.74 Å². The van der Waals surface area contributed by atoms with Gasteiger partial charge < -0.3 is 20.5 Å². The van der Waals surface area contributed by atoms with Gasteiger partial charge in [-0.05, 0) is 30.0 Å². The van der Waals surface area contributed by atoms with Gasteiger partial charge in [0, 0.05) is 12.0 Å². The van der Waals surface area contributed by atoms with Crippen LogP contribution in [0.2, 0.25) is 0 Å². The zero-order chi connectivity index (χ0) is 17.2. The number of urea groups is 1. The first-order valence-corrected chi connectivity index (χ1v) is 8.77. The normalized spacial score (nSPS) is 24.4. The molecule has 0 radical (unpaired) electrons.